The van der Waals surface area contributed by atoms with Crippen LogP contribution in [-0.2, 0) is 10.0 Å². The van der Waals surface area contributed by atoms with Crippen molar-refractivity contribution in [2.24, 2.45) is 0 Å². The molecule has 8 heteroatoms. The number of nitrogens with one attached hydrogen (secondary N) is 2. The van der Waals surface area contributed by atoms with E-state index in [4.69, 9.17) is 0 Å². The number of hydrogen-bond donors (Lipinski definition) is 2. The van der Waals surface area contributed by atoms with Gasteiger partial charge in [0.2, 0.25) is 10.0 Å². The van der Waals surface area contributed by atoms with Gasteiger partial charge in [-0.3, -0.25) is 9.59 Å². The fraction of sp³-hybridized carbons (Fsp3) is 0.238. The van der Waals surface area contributed by atoms with E-state index >= 15 is 0 Å². The number of likely N-dealkylation sites (tertiary alicyclic amines) is 1. The Hall–Kier alpha value is -2.97. The highest BCUT2D eigenvalue weighted by Crippen LogP contribution is 2.17. The largest absolute Gasteiger partial charge is 0.339 e. The third-order valence-corrected chi connectivity index (χ3v) is 6.07. The summed E-state index contributed by atoms with van der Waals surface area (Å²) in [5.41, 5.74) is 1.47. The minimum Gasteiger partial charge on any atom is -0.339 e. The normalized spacial score (nSPS) is 13.9. The number of carbonyl (C=O) groups excluding carboxylic acids is 2. The van der Waals surface area contributed by atoms with Crippen molar-refractivity contribution in [3.8, 4) is 0 Å². The Bertz CT molecular complexity index is 993. The highest BCUT2D eigenvalue weighted by molar-refractivity contribution is 7.89. The molecule has 2 aromatic carbocycles. The Morgan fingerprint density at radius 3 is 2.14 bits per heavy atom. The van der Waals surface area contributed by atoms with Crippen molar-refractivity contribution in [2.75, 3.05) is 25.0 Å². The molecule has 0 aromatic heterocycles. The molecule has 0 atom stereocenters. The van der Waals surface area contributed by atoms with Gasteiger partial charge in [0.25, 0.3) is 11.8 Å². The Balaban J connectivity index is 1.64. The molecule has 2 amide bonds. The zero-order valence-corrected chi connectivity index (χ0v) is 16.7. The number of anilines is 1. The summed E-state index contributed by atoms with van der Waals surface area (Å²) >= 11 is 0. The second-order valence-electron chi connectivity index (χ2n) is 6.70. The molecule has 1 aliphatic rings. The van der Waals surface area contributed by atoms with Crippen molar-refractivity contribution in [3.63, 3.8) is 0 Å². The first-order chi connectivity index (χ1) is 13.9. The van der Waals surface area contributed by atoms with E-state index in [1.807, 2.05) is 4.90 Å². The van der Waals surface area contributed by atoms with Gasteiger partial charge in [-0.05, 0) is 61.4 Å². The van der Waals surface area contributed by atoms with E-state index in [9.17, 15) is 18.0 Å². The summed E-state index contributed by atoms with van der Waals surface area (Å²) in [5.74, 6) is -0.367. The smallest absolute Gasteiger partial charge is 0.255 e. The molecular formula is C21H23N3O4S. The van der Waals surface area contributed by atoms with Crippen LogP contribution in [0.25, 0.3) is 0 Å². The third-order valence-electron chi connectivity index (χ3n) is 4.63. The van der Waals surface area contributed by atoms with Crippen LogP contribution in [0.15, 0.2) is 66.1 Å². The second kappa shape index (κ2) is 9.02. The lowest BCUT2D eigenvalue weighted by molar-refractivity contribution is 0.0792. The number of carbonyl (C=O) groups is 2. The molecule has 3 rings (SSSR count). The van der Waals surface area contributed by atoms with Crippen molar-refractivity contribution in [2.45, 2.75) is 17.7 Å². The number of amides is 2. The molecule has 2 N–H and O–H groups in total. The summed E-state index contributed by atoms with van der Waals surface area (Å²) in [5, 5.41) is 2.74. The first-order valence-corrected chi connectivity index (χ1v) is 10.8. The number of nitrogens with zero attached hydrogens (tertiary/aromatic N) is 1. The molecule has 1 saturated heterocycles. The van der Waals surface area contributed by atoms with Gasteiger partial charge in [-0.1, -0.05) is 6.08 Å². The minimum atomic E-state index is -3.63. The molecule has 0 spiro atoms. The molecule has 0 unspecified atom stereocenters. The summed E-state index contributed by atoms with van der Waals surface area (Å²) in [6, 6.07) is 12.4. The standard InChI is InChI=1S/C21H23N3O4S/c1-2-13-22-29(27,28)19-11-7-16(8-12-19)20(25)23-18-9-5-17(6-10-18)21(26)24-14-3-4-15-24/h2,5-12,22H,1,3-4,13-15H2,(H,23,25). The van der Waals surface area contributed by atoms with Crippen LogP contribution < -0.4 is 10.0 Å². The van der Waals surface area contributed by atoms with E-state index < -0.39 is 10.0 Å². The van der Waals surface area contributed by atoms with E-state index in [-0.39, 0.29) is 23.3 Å². The molecule has 152 valence electrons. The van der Waals surface area contributed by atoms with Gasteiger partial charge in [0, 0.05) is 36.4 Å². The molecule has 1 fully saturated rings. The highest BCUT2D eigenvalue weighted by atomic mass is 32.2. The van der Waals surface area contributed by atoms with Gasteiger partial charge in [0.05, 0.1) is 4.90 Å². The molecule has 7 nitrogen and oxygen atoms in total. The average Bonchev–Trinajstić information content (AvgIpc) is 3.27. The summed E-state index contributed by atoms with van der Waals surface area (Å²) in [6.45, 7) is 5.16. The van der Waals surface area contributed by atoms with Gasteiger partial charge >= 0.3 is 0 Å². The Morgan fingerprint density at radius 1 is 0.966 bits per heavy atom. The molecular weight excluding hydrogens is 390 g/mol. The van der Waals surface area contributed by atoms with Crippen molar-refractivity contribution < 1.29 is 18.0 Å². The average molecular weight is 413 g/mol. The van der Waals surface area contributed by atoms with E-state index in [0.717, 1.165) is 25.9 Å². The maximum absolute atomic E-state index is 12.4. The SMILES string of the molecule is C=CCNS(=O)(=O)c1ccc(C(=O)Nc2ccc(C(=O)N3CCCC3)cc2)cc1. The predicted molar refractivity (Wildman–Crippen MR) is 111 cm³/mol. The first kappa shape index (κ1) is 20.8. The predicted octanol–water partition coefficient (Wildman–Crippen LogP) is 2.64. The van der Waals surface area contributed by atoms with Gasteiger partial charge in [-0.15, -0.1) is 6.58 Å². The van der Waals surface area contributed by atoms with E-state index in [1.54, 1.807) is 24.3 Å². The van der Waals surface area contributed by atoms with Crippen molar-refractivity contribution in [3.05, 3.63) is 72.3 Å². The summed E-state index contributed by atoms with van der Waals surface area (Å²) in [6.07, 6.45) is 3.51. The molecule has 1 aliphatic heterocycles. The maximum atomic E-state index is 12.4. The second-order valence-corrected chi connectivity index (χ2v) is 8.46. The highest BCUT2D eigenvalue weighted by Gasteiger charge is 2.19. The van der Waals surface area contributed by atoms with Crippen LogP contribution in [0.2, 0.25) is 0 Å². The van der Waals surface area contributed by atoms with Crippen molar-refractivity contribution in [1.29, 1.82) is 0 Å². The molecule has 0 aliphatic carbocycles. The minimum absolute atomic E-state index is 0.00207. The van der Waals surface area contributed by atoms with Crippen LogP contribution in [-0.4, -0.2) is 44.8 Å². The maximum Gasteiger partial charge on any atom is 0.255 e. The van der Waals surface area contributed by atoms with Gasteiger partial charge in [0.15, 0.2) is 0 Å². The number of hydrogen-bond acceptors (Lipinski definition) is 4. The summed E-state index contributed by atoms with van der Waals surface area (Å²) in [7, 11) is -3.63. The molecule has 0 bridgehead atoms. The zero-order valence-electron chi connectivity index (χ0n) is 15.9. The lowest BCUT2D eigenvalue weighted by atomic mass is 10.1. The summed E-state index contributed by atoms with van der Waals surface area (Å²) in [4.78, 5) is 26.7. The molecule has 0 saturated carbocycles. The van der Waals surface area contributed by atoms with Crippen molar-refractivity contribution in [1.82, 2.24) is 9.62 Å². The number of rotatable bonds is 7. The number of benzene rings is 2. The van der Waals surface area contributed by atoms with Crippen LogP contribution in [0, 0.1) is 0 Å². The van der Waals surface area contributed by atoms with E-state index in [1.165, 1.54) is 30.3 Å². The van der Waals surface area contributed by atoms with Crippen LogP contribution in [0.1, 0.15) is 33.6 Å². The van der Waals surface area contributed by atoms with Gasteiger partial charge in [-0.25, -0.2) is 13.1 Å². The molecule has 2 aromatic rings. The zero-order chi connectivity index (χ0) is 20.9. The van der Waals surface area contributed by atoms with Gasteiger partial charge in [0.1, 0.15) is 0 Å². The summed E-state index contributed by atoms with van der Waals surface area (Å²) < 4.78 is 26.5. The molecule has 1 heterocycles. The molecule has 29 heavy (non-hydrogen) atoms. The Kier molecular flexibility index (Phi) is 6.46. The van der Waals surface area contributed by atoms with Crippen LogP contribution in [0.3, 0.4) is 0 Å². The van der Waals surface area contributed by atoms with Crippen LogP contribution in [0.5, 0.6) is 0 Å². The molecule has 0 radical (unpaired) electrons. The van der Waals surface area contributed by atoms with Crippen molar-refractivity contribution >= 4 is 27.5 Å². The Labute approximate surface area is 170 Å². The van der Waals surface area contributed by atoms with Gasteiger partial charge < -0.3 is 10.2 Å². The monoisotopic (exact) mass is 413 g/mol. The fourth-order valence-electron chi connectivity index (χ4n) is 3.04. The third kappa shape index (κ3) is 5.10. The van der Waals surface area contributed by atoms with E-state index in [2.05, 4.69) is 16.6 Å². The number of sulfonamides is 1. The van der Waals surface area contributed by atoms with E-state index in [0.29, 0.717) is 16.8 Å². The van der Waals surface area contributed by atoms with Crippen LogP contribution >= 0.6 is 0 Å². The Morgan fingerprint density at radius 2 is 1.55 bits per heavy atom. The first-order valence-electron chi connectivity index (χ1n) is 9.32. The van der Waals surface area contributed by atoms with Gasteiger partial charge in [-0.2, -0.15) is 0 Å². The lowest BCUT2D eigenvalue weighted by Crippen LogP contribution is -2.27. The topological polar surface area (TPSA) is 95.6 Å². The fourth-order valence-corrected chi connectivity index (χ4v) is 4.04. The quantitative estimate of drug-likeness (QED) is 0.682. The lowest BCUT2D eigenvalue weighted by Gasteiger charge is -2.15. The van der Waals surface area contributed by atoms with Crippen LogP contribution in [0.4, 0.5) is 5.69 Å².